The first-order chi connectivity index (χ1) is 14.9. The summed E-state index contributed by atoms with van der Waals surface area (Å²) in [4.78, 5) is 32.9. The molecule has 0 radical (unpaired) electrons. The van der Waals surface area contributed by atoms with Crippen molar-refractivity contribution in [1.82, 2.24) is 9.55 Å². The molecular weight excluding hydrogens is 473 g/mol. The van der Waals surface area contributed by atoms with E-state index in [-0.39, 0.29) is 11.5 Å². The maximum absolute atomic E-state index is 13.3. The Bertz CT molecular complexity index is 1220. The van der Waals surface area contributed by atoms with E-state index in [1.54, 1.807) is 47.1 Å². The van der Waals surface area contributed by atoms with Gasteiger partial charge in [0.25, 0.3) is 5.56 Å². The Morgan fingerprint density at radius 3 is 2.74 bits per heavy atom. The summed E-state index contributed by atoms with van der Waals surface area (Å²) < 4.78 is 1.61. The van der Waals surface area contributed by atoms with Gasteiger partial charge in [-0.15, -0.1) is 17.9 Å². The lowest BCUT2D eigenvalue weighted by Crippen LogP contribution is -2.27. The minimum atomic E-state index is -0.493. The lowest BCUT2D eigenvalue weighted by molar-refractivity contribution is -0.115. The summed E-state index contributed by atoms with van der Waals surface area (Å²) in [7, 11) is 0. The molecule has 2 heterocycles. The third kappa shape index (κ3) is 4.70. The molecule has 1 N–H and O–H groups in total. The van der Waals surface area contributed by atoms with Gasteiger partial charge in [0.1, 0.15) is 4.83 Å². The van der Waals surface area contributed by atoms with E-state index in [2.05, 4.69) is 11.9 Å². The fourth-order valence-corrected chi connectivity index (χ4v) is 6.43. The van der Waals surface area contributed by atoms with Gasteiger partial charge in [0.05, 0.1) is 10.6 Å². The highest BCUT2D eigenvalue weighted by molar-refractivity contribution is 8.00. The molecule has 9 heteroatoms. The summed E-state index contributed by atoms with van der Waals surface area (Å²) in [6, 6.07) is 4.87. The van der Waals surface area contributed by atoms with Crippen molar-refractivity contribution in [3.63, 3.8) is 0 Å². The molecule has 0 aliphatic heterocycles. The van der Waals surface area contributed by atoms with Crippen molar-refractivity contribution in [2.24, 2.45) is 0 Å². The average Bonchev–Trinajstić information content (AvgIpc) is 3.08. The van der Waals surface area contributed by atoms with Crippen LogP contribution in [-0.4, -0.2) is 20.7 Å². The summed E-state index contributed by atoms with van der Waals surface area (Å²) in [6.45, 7) is 5.90. The molecule has 1 aliphatic rings. The number of carbonyl (C=O) groups is 1. The zero-order valence-electron chi connectivity index (χ0n) is 16.9. The SMILES string of the molecule is C=CCn1c(SC(C)C(=O)Nc2cc(Cl)cc(Cl)c2)nc2sc3c(c2c1=O)CCCC3. The van der Waals surface area contributed by atoms with Gasteiger partial charge in [-0.25, -0.2) is 4.98 Å². The van der Waals surface area contributed by atoms with Gasteiger partial charge in [-0.05, 0) is 56.4 Å². The zero-order valence-corrected chi connectivity index (χ0v) is 20.1. The molecule has 2 aromatic heterocycles. The van der Waals surface area contributed by atoms with Crippen molar-refractivity contribution in [2.45, 2.75) is 49.6 Å². The molecule has 1 unspecified atom stereocenters. The highest BCUT2D eigenvalue weighted by atomic mass is 35.5. The van der Waals surface area contributed by atoms with Gasteiger partial charge < -0.3 is 5.32 Å². The molecule has 0 spiro atoms. The molecule has 0 fully saturated rings. The molecule has 5 nitrogen and oxygen atoms in total. The second kappa shape index (κ2) is 9.36. The van der Waals surface area contributed by atoms with Crippen LogP contribution in [0.3, 0.4) is 0 Å². The zero-order chi connectivity index (χ0) is 22.1. The molecular formula is C22H21Cl2N3O2S2. The molecule has 1 atom stereocenters. The normalized spacial score (nSPS) is 14.3. The maximum Gasteiger partial charge on any atom is 0.263 e. The molecule has 1 amide bonds. The summed E-state index contributed by atoms with van der Waals surface area (Å²) >= 11 is 14.9. The molecule has 1 aromatic carbocycles. The van der Waals surface area contributed by atoms with E-state index in [1.807, 2.05) is 0 Å². The summed E-state index contributed by atoms with van der Waals surface area (Å²) in [6.07, 6.45) is 5.85. The van der Waals surface area contributed by atoms with E-state index < -0.39 is 5.25 Å². The number of thioether (sulfide) groups is 1. The number of aromatic nitrogens is 2. The van der Waals surface area contributed by atoms with E-state index in [1.165, 1.54) is 16.6 Å². The number of rotatable bonds is 6. The Morgan fingerprint density at radius 2 is 2.03 bits per heavy atom. The van der Waals surface area contributed by atoms with Crippen molar-refractivity contribution >= 4 is 68.1 Å². The fraction of sp³-hybridized carbons (Fsp3) is 0.318. The number of halogens is 2. The van der Waals surface area contributed by atoms with Crippen molar-refractivity contribution < 1.29 is 4.79 Å². The number of hydrogen-bond acceptors (Lipinski definition) is 5. The minimum absolute atomic E-state index is 0.0546. The van der Waals surface area contributed by atoms with Crippen LogP contribution in [0, 0.1) is 0 Å². The van der Waals surface area contributed by atoms with Crippen LogP contribution in [0.15, 0.2) is 40.8 Å². The van der Waals surface area contributed by atoms with Crippen LogP contribution in [-0.2, 0) is 24.2 Å². The molecule has 162 valence electrons. The van der Waals surface area contributed by atoms with Gasteiger partial charge in [0, 0.05) is 27.2 Å². The number of carbonyl (C=O) groups excluding carboxylic acids is 1. The minimum Gasteiger partial charge on any atom is -0.325 e. The Balaban J connectivity index is 1.65. The third-order valence-electron chi connectivity index (χ3n) is 5.13. The Hall–Kier alpha value is -1.80. The first-order valence-electron chi connectivity index (χ1n) is 9.97. The topological polar surface area (TPSA) is 64.0 Å². The van der Waals surface area contributed by atoms with Gasteiger partial charge in [0.2, 0.25) is 5.91 Å². The van der Waals surface area contributed by atoms with Crippen LogP contribution in [0.25, 0.3) is 10.2 Å². The molecule has 3 aromatic rings. The lowest BCUT2D eigenvalue weighted by atomic mass is 9.97. The van der Waals surface area contributed by atoms with Crippen molar-refractivity contribution in [2.75, 3.05) is 5.32 Å². The number of allylic oxidation sites excluding steroid dienone is 1. The quantitative estimate of drug-likeness (QED) is 0.261. The van der Waals surface area contributed by atoms with Crippen molar-refractivity contribution in [1.29, 1.82) is 0 Å². The number of hydrogen-bond donors (Lipinski definition) is 1. The Labute approximate surface area is 198 Å². The van der Waals surface area contributed by atoms with Crippen LogP contribution in [0.1, 0.15) is 30.2 Å². The first-order valence-corrected chi connectivity index (χ1v) is 12.4. The largest absolute Gasteiger partial charge is 0.325 e. The van der Waals surface area contributed by atoms with E-state index in [0.717, 1.165) is 41.5 Å². The molecule has 0 saturated carbocycles. The monoisotopic (exact) mass is 493 g/mol. The van der Waals surface area contributed by atoms with Crippen molar-refractivity contribution in [3.8, 4) is 0 Å². The number of nitrogens with one attached hydrogen (secondary N) is 1. The third-order valence-corrected chi connectivity index (χ3v) is 7.85. The van der Waals surface area contributed by atoms with Crippen LogP contribution in [0.2, 0.25) is 10.0 Å². The predicted octanol–water partition coefficient (Wildman–Crippen LogP) is 5.95. The van der Waals surface area contributed by atoms with Gasteiger partial charge in [-0.3, -0.25) is 14.2 Å². The first kappa shape index (κ1) is 22.4. The van der Waals surface area contributed by atoms with E-state index in [0.29, 0.717) is 27.4 Å². The van der Waals surface area contributed by atoms with E-state index in [9.17, 15) is 9.59 Å². The predicted molar refractivity (Wildman–Crippen MR) is 131 cm³/mol. The van der Waals surface area contributed by atoms with Crippen LogP contribution in [0.5, 0.6) is 0 Å². The molecule has 4 rings (SSSR count). The fourth-order valence-electron chi connectivity index (χ4n) is 3.68. The second-order valence-corrected chi connectivity index (χ2v) is 10.7. The molecule has 0 bridgehead atoms. The number of thiophene rings is 1. The molecule has 1 aliphatic carbocycles. The summed E-state index contributed by atoms with van der Waals surface area (Å²) in [5.41, 5.74) is 1.62. The number of amides is 1. The molecule has 0 saturated heterocycles. The Kier molecular flexibility index (Phi) is 6.77. The number of fused-ring (bicyclic) bond motifs is 3. The number of anilines is 1. The van der Waals surface area contributed by atoms with E-state index >= 15 is 0 Å². The van der Waals surface area contributed by atoms with Gasteiger partial charge in [0.15, 0.2) is 5.16 Å². The number of aryl methyl sites for hydroxylation is 2. The second-order valence-electron chi connectivity index (χ2n) is 7.40. The van der Waals surface area contributed by atoms with Crippen LogP contribution in [0.4, 0.5) is 5.69 Å². The summed E-state index contributed by atoms with van der Waals surface area (Å²) in [5, 5.41) is 4.46. The van der Waals surface area contributed by atoms with Crippen molar-refractivity contribution in [3.05, 3.63) is 61.7 Å². The highest BCUT2D eigenvalue weighted by Crippen LogP contribution is 2.35. The standard InChI is InChI=1S/C22H21Cl2N3O2S2/c1-3-8-27-21(29)18-16-6-4-5-7-17(16)31-20(18)26-22(27)30-12(2)19(28)25-15-10-13(23)9-14(24)11-15/h3,9-12H,1,4-8H2,2H3,(H,25,28). The van der Waals surface area contributed by atoms with Gasteiger partial charge in [-0.2, -0.15) is 0 Å². The Morgan fingerprint density at radius 1 is 1.32 bits per heavy atom. The highest BCUT2D eigenvalue weighted by Gasteiger charge is 2.24. The number of benzene rings is 1. The molecule has 31 heavy (non-hydrogen) atoms. The average molecular weight is 494 g/mol. The van der Waals surface area contributed by atoms with Crippen LogP contribution >= 0.6 is 46.3 Å². The van der Waals surface area contributed by atoms with E-state index in [4.69, 9.17) is 28.2 Å². The van der Waals surface area contributed by atoms with Gasteiger partial charge in [-0.1, -0.05) is 41.0 Å². The summed E-state index contributed by atoms with van der Waals surface area (Å²) in [5.74, 6) is -0.228. The number of nitrogens with zero attached hydrogens (tertiary/aromatic N) is 2. The van der Waals surface area contributed by atoms with Crippen LogP contribution < -0.4 is 10.9 Å². The maximum atomic E-state index is 13.3. The van der Waals surface area contributed by atoms with Gasteiger partial charge >= 0.3 is 0 Å². The lowest BCUT2D eigenvalue weighted by Gasteiger charge is -2.15. The smallest absolute Gasteiger partial charge is 0.263 e.